The first-order valence-corrected chi connectivity index (χ1v) is 7.33. The van der Waals surface area contributed by atoms with E-state index in [2.05, 4.69) is 42.8 Å². The molecule has 0 spiro atoms. The highest BCUT2D eigenvalue weighted by Crippen LogP contribution is 2.20. The minimum absolute atomic E-state index is 0.904. The van der Waals surface area contributed by atoms with Gasteiger partial charge in [0.05, 0.1) is 12.5 Å². The molecule has 0 N–H and O–H groups in total. The first kappa shape index (κ1) is 18.2. The highest BCUT2D eigenvalue weighted by Gasteiger charge is 2.36. The molecule has 0 unspecified atom stereocenters. The van der Waals surface area contributed by atoms with E-state index in [9.17, 15) is 13.2 Å². The predicted molar refractivity (Wildman–Crippen MR) is 72.2 cm³/mol. The fourth-order valence-electron chi connectivity index (χ4n) is 1.61. The Hall–Kier alpha value is -1.87. The van der Waals surface area contributed by atoms with Gasteiger partial charge in [-0.05, 0) is 18.2 Å². The second kappa shape index (κ2) is 6.49. The van der Waals surface area contributed by atoms with E-state index in [1.165, 1.54) is 16.6 Å². The van der Waals surface area contributed by atoms with Crippen molar-refractivity contribution in [1.82, 2.24) is 0 Å². The third-order valence-corrected chi connectivity index (χ3v) is 3.48. The van der Waals surface area contributed by atoms with E-state index in [1.807, 2.05) is 6.07 Å². The van der Waals surface area contributed by atoms with E-state index < -0.39 is 15.6 Å². The third-order valence-electron chi connectivity index (χ3n) is 2.91. The van der Waals surface area contributed by atoms with Gasteiger partial charge in [-0.15, -0.1) is 0 Å². The van der Waals surface area contributed by atoms with Gasteiger partial charge in [-0.1, -0.05) is 0 Å². The van der Waals surface area contributed by atoms with Crippen molar-refractivity contribution in [1.29, 1.82) is 0 Å². The summed E-state index contributed by atoms with van der Waals surface area (Å²) >= 11 is 0. The summed E-state index contributed by atoms with van der Waals surface area (Å²) in [7, 11) is -2.33. The molecule has 0 aliphatic rings. The molecular weight excluding hydrogens is 323 g/mol. The van der Waals surface area contributed by atoms with E-state index in [-0.39, 0.29) is 0 Å². The second-order valence-electron chi connectivity index (χ2n) is 4.36. The molecule has 0 aliphatic heterocycles. The van der Waals surface area contributed by atoms with Crippen LogP contribution in [0.3, 0.4) is 0 Å². The van der Waals surface area contributed by atoms with Gasteiger partial charge in [0.1, 0.15) is 12.8 Å². The van der Waals surface area contributed by atoms with Crippen molar-refractivity contribution in [3.05, 3.63) is 36.0 Å². The fraction of sp³-hybridized carbons (Fsp3) is 0.308. The van der Waals surface area contributed by atoms with Gasteiger partial charge in [0.25, 0.3) is 0 Å². The van der Waals surface area contributed by atoms with Gasteiger partial charge in [-0.2, -0.15) is 17.7 Å². The van der Waals surface area contributed by atoms with Crippen molar-refractivity contribution in [2.75, 3.05) is 7.11 Å². The monoisotopic (exact) mass is 337 g/mol. The van der Waals surface area contributed by atoms with Crippen LogP contribution in [-0.2, 0) is 17.2 Å². The largest absolute Gasteiger partial charge is 0.741 e. The first-order chi connectivity index (χ1) is 9.97. The Morgan fingerprint density at radius 1 is 1.18 bits per heavy atom. The van der Waals surface area contributed by atoms with Crippen LogP contribution in [0, 0.1) is 6.92 Å². The summed E-state index contributed by atoms with van der Waals surface area (Å²) in [6.45, 7) is 2.10. The molecule has 122 valence electrons. The first-order valence-electron chi connectivity index (χ1n) is 5.93. The van der Waals surface area contributed by atoms with Crippen molar-refractivity contribution in [2.24, 2.45) is 7.05 Å². The molecule has 0 radical (unpaired) electrons. The number of halogens is 3. The maximum absolute atomic E-state index is 10.7. The van der Waals surface area contributed by atoms with Crippen molar-refractivity contribution in [3.8, 4) is 5.75 Å². The summed E-state index contributed by atoms with van der Waals surface area (Å²) in [5.41, 5.74) is -3.17. The average Bonchev–Trinajstić information content (AvgIpc) is 2.41. The van der Waals surface area contributed by atoms with Crippen LogP contribution in [0.15, 0.2) is 30.3 Å². The smallest absolute Gasteiger partial charge is 0.485 e. The molecule has 1 heterocycles. The molecule has 0 bridgehead atoms. The number of rotatable bonds is 1. The van der Waals surface area contributed by atoms with Gasteiger partial charge in [0.15, 0.2) is 15.8 Å². The SMILES string of the molecule is COc1ccc2c(ccc(C)[n+]2C)c1.O=S(=O)([O-])C(F)(F)F. The van der Waals surface area contributed by atoms with Crippen LogP contribution in [0.5, 0.6) is 5.75 Å². The van der Waals surface area contributed by atoms with Crippen LogP contribution < -0.4 is 9.30 Å². The number of nitrogens with zero attached hydrogens (tertiary/aromatic N) is 1. The zero-order chi connectivity index (χ0) is 17.1. The molecule has 0 atom stereocenters. The molecule has 1 aromatic carbocycles. The summed E-state index contributed by atoms with van der Waals surface area (Å²) in [5.74, 6) is 0.904. The molecule has 0 aliphatic carbocycles. The van der Waals surface area contributed by atoms with Gasteiger partial charge in [-0.3, -0.25) is 0 Å². The number of ether oxygens (including phenoxy) is 1. The van der Waals surface area contributed by atoms with Gasteiger partial charge in [0, 0.05) is 19.1 Å². The number of fused-ring (bicyclic) bond motifs is 1. The van der Waals surface area contributed by atoms with Crippen LogP contribution in [-0.4, -0.2) is 25.6 Å². The minimum atomic E-state index is -6.09. The maximum Gasteiger partial charge on any atom is 0.485 e. The van der Waals surface area contributed by atoms with E-state index in [4.69, 9.17) is 17.7 Å². The Morgan fingerprint density at radius 2 is 1.73 bits per heavy atom. The number of hydrogen-bond acceptors (Lipinski definition) is 4. The fourth-order valence-corrected chi connectivity index (χ4v) is 1.61. The van der Waals surface area contributed by atoms with Crippen molar-refractivity contribution >= 4 is 21.0 Å². The lowest BCUT2D eigenvalue weighted by Gasteiger charge is -2.08. The molecule has 2 rings (SSSR count). The maximum atomic E-state index is 10.7. The van der Waals surface area contributed by atoms with Crippen LogP contribution in [0.2, 0.25) is 0 Å². The Balaban J connectivity index is 0.000000261. The number of methoxy groups -OCH3 is 1. The predicted octanol–water partition coefficient (Wildman–Crippen LogP) is 2.03. The number of benzene rings is 1. The summed E-state index contributed by atoms with van der Waals surface area (Å²) in [6, 6.07) is 10.4. The number of aryl methyl sites for hydroxylation is 2. The van der Waals surface area contributed by atoms with E-state index >= 15 is 0 Å². The number of hydrogen-bond donors (Lipinski definition) is 0. The molecule has 2 aromatic rings. The number of pyridine rings is 1. The molecule has 1 aromatic heterocycles. The molecule has 0 amide bonds. The lowest BCUT2D eigenvalue weighted by Crippen LogP contribution is -2.32. The van der Waals surface area contributed by atoms with Gasteiger partial charge in [0.2, 0.25) is 5.52 Å². The van der Waals surface area contributed by atoms with Crippen molar-refractivity contribution in [2.45, 2.75) is 12.4 Å². The quantitative estimate of drug-likeness (QED) is 0.454. The third kappa shape index (κ3) is 4.31. The van der Waals surface area contributed by atoms with E-state index in [1.54, 1.807) is 7.11 Å². The molecule has 0 saturated heterocycles. The van der Waals surface area contributed by atoms with Crippen molar-refractivity contribution in [3.63, 3.8) is 0 Å². The average molecular weight is 337 g/mol. The highest BCUT2D eigenvalue weighted by molar-refractivity contribution is 7.86. The second-order valence-corrected chi connectivity index (χ2v) is 5.73. The summed E-state index contributed by atoms with van der Waals surface area (Å²) in [6.07, 6.45) is 0. The lowest BCUT2D eigenvalue weighted by molar-refractivity contribution is -0.651. The van der Waals surface area contributed by atoms with Crippen LogP contribution in [0.1, 0.15) is 5.69 Å². The normalized spacial score (nSPS) is 11.8. The summed E-state index contributed by atoms with van der Waals surface area (Å²) < 4.78 is 66.3. The van der Waals surface area contributed by atoms with Crippen LogP contribution in [0.25, 0.3) is 10.9 Å². The Morgan fingerprint density at radius 3 is 2.18 bits per heavy atom. The summed E-state index contributed by atoms with van der Waals surface area (Å²) in [5, 5.41) is 1.21. The highest BCUT2D eigenvalue weighted by atomic mass is 32.2. The van der Waals surface area contributed by atoms with Crippen molar-refractivity contribution < 1.29 is 35.4 Å². The van der Waals surface area contributed by atoms with Gasteiger partial charge >= 0.3 is 5.51 Å². The molecule has 9 heteroatoms. The number of alkyl halides is 3. The lowest BCUT2D eigenvalue weighted by atomic mass is 10.2. The van der Waals surface area contributed by atoms with E-state index in [0.29, 0.717) is 0 Å². The van der Waals surface area contributed by atoms with Crippen LogP contribution >= 0.6 is 0 Å². The Kier molecular flexibility index (Phi) is 5.36. The molecule has 5 nitrogen and oxygen atoms in total. The molecule has 0 saturated carbocycles. The Labute approximate surface area is 125 Å². The molecule has 22 heavy (non-hydrogen) atoms. The minimum Gasteiger partial charge on any atom is -0.741 e. The van der Waals surface area contributed by atoms with Crippen LogP contribution in [0.4, 0.5) is 13.2 Å². The van der Waals surface area contributed by atoms with Gasteiger partial charge < -0.3 is 9.29 Å². The topological polar surface area (TPSA) is 70.3 Å². The summed E-state index contributed by atoms with van der Waals surface area (Å²) in [4.78, 5) is 0. The molecule has 0 fully saturated rings. The van der Waals surface area contributed by atoms with Gasteiger partial charge in [-0.25, -0.2) is 8.42 Å². The van der Waals surface area contributed by atoms with E-state index in [0.717, 1.165) is 5.75 Å². The zero-order valence-corrected chi connectivity index (χ0v) is 12.8. The Bertz CT molecular complexity index is 773. The molecular formula is C13H14F3NO4S. The number of aromatic nitrogens is 1. The zero-order valence-electron chi connectivity index (χ0n) is 12.0. The standard InChI is InChI=1S/C12H14NO.CHF3O3S/c1-9-4-5-10-8-11(14-3)6-7-12(10)13(9)2;2-1(3,4)8(5,6)7/h4-8H,1-3H3;(H,5,6,7)/q+1;/p-1.